The van der Waals surface area contributed by atoms with E-state index >= 15 is 0 Å². The molecule has 0 fully saturated rings. The number of carbonyl (C=O) groups is 1. The summed E-state index contributed by atoms with van der Waals surface area (Å²) in [5.74, 6) is 0.167. The van der Waals surface area contributed by atoms with Crippen molar-refractivity contribution in [1.82, 2.24) is 15.0 Å². The van der Waals surface area contributed by atoms with Crippen molar-refractivity contribution in [3.63, 3.8) is 0 Å². The van der Waals surface area contributed by atoms with Gasteiger partial charge in [-0.25, -0.2) is 15.0 Å². The summed E-state index contributed by atoms with van der Waals surface area (Å²) in [6.45, 7) is 0. The monoisotopic (exact) mass is 109 g/mol. The molecule has 0 radical (unpaired) electrons. The van der Waals surface area contributed by atoms with Gasteiger partial charge in [0.2, 0.25) is 0 Å². The summed E-state index contributed by atoms with van der Waals surface area (Å²) in [5.41, 5.74) is 0. The maximum Gasteiger partial charge on any atom is 0.195 e. The van der Waals surface area contributed by atoms with Crippen molar-refractivity contribution in [3.05, 3.63) is 18.5 Å². The number of hydrogen-bond acceptors (Lipinski definition) is 4. The van der Waals surface area contributed by atoms with Crippen LogP contribution < -0.4 is 0 Å². The van der Waals surface area contributed by atoms with Crippen molar-refractivity contribution in [3.8, 4) is 0 Å². The molecular weight excluding hydrogens is 106 g/mol. The Kier molecular flexibility index (Phi) is 1.27. The van der Waals surface area contributed by atoms with Gasteiger partial charge in [-0.3, -0.25) is 4.79 Å². The van der Waals surface area contributed by atoms with E-state index in [0.717, 1.165) is 0 Å². The Morgan fingerprint density at radius 3 is 2.38 bits per heavy atom. The molecule has 0 saturated carbocycles. The van der Waals surface area contributed by atoms with Gasteiger partial charge in [0.1, 0.15) is 12.7 Å². The minimum Gasteiger partial charge on any atom is -0.294 e. The van der Waals surface area contributed by atoms with E-state index < -0.39 is 0 Å². The number of aldehydes is 1. The molecule has 0 aromatic carbocycles. The van der Waals surface area contributed by atoms with E-state index in [1.165, 1.54) is 12.7 Å². The van der Waals surface area contributed by atoms with Crippen LogP contribution in [0.2, 0.25) is 0 Å². The van der Waals surface area contributed by atoms with Crippen LogP contribution in [-0.2, 0) is 0 Å². The van der Waals surface area contributed by atoms with Crippen LogP contribution in [0.25, 0.3) is 0 Å². The lowest BCUT2D eigenvalue weighted by Gasteiger charge is -1.80. The van der Waals surface area contributed by atoms with Crippen molar-refractivity contribution >= 4 is 6.29 Å². The second-order valence-electron chi connectivity index (χ2n) is 1.11. The van der Waals surface area contributed by atoms with Crippen LogP contribution in [0.5, 0.6) is 0 Å². The molecule has 0 amide bonds. The van der Waals surface area contributed by atoms with Crippen LogP contribution in [0.1, 0.15) is 10.6 Å². The van der Waals surface area contributed by atoms with Crippen LogP contribution in [0, 0.1) is 0 Å². The molecule has 0 aliphatic heterocycles. The first kappa shape index (κ1) is 4.83. The van der Waals surface area contributed by atoms with Crippen molar-refractivity contribution < 1.29 is 4.79 Å². The summed E-state index contributed by atoms with van der Waals surface area (Å²) >= 11 is 0. The zero-order valence-electron chi connectivity index (χ0n) is 3.98. The molecule has 4 nitrogen and oxygen atoms in total. The predicted octanol–water partition coefficient (Wildman–Crippen LogP) is -0.316. The van der Waals surface area contributed by atoms with Gasteiger partial charge >= 0.3 is 0 Å². The first-order valence-corrected chi connectivity index (χ1v) is 2.00. The highest BCUT2D eigenvalue weighted by Crippen LogP contribution is 1.73. The van der Waals surface area contributed by atoms with E-state index in [-0.39, 0.29) is 5.82 Å². The fourth-order valence-electron chi connectivity index (χ4n) is 0.309. The molecule has 0 saturated heterocycles. The van der Waals surface area contributed by atoms with Gasteiger partial charge in [0.05, 0.1) is 0 Å². The molecule has 0 bridgehead atoms. The highest BCUT2D eigenvalue weighted by molar-refractivity contribution is 5.67. The van der Waals surface area contributed by atoms with Gasteiger partial charge < -0.3 is 0 Å². The Labute approximate surface area is 45.6 Å². The molecule has 0 aliphatic carbocycles. The minimum atomic E-state index is 0.167. The van der Waals surface area contributed by atoms with Crippen molar-refractivity contribution in [2.24, 2.45) is 0 Å². The molecule has 0 N–H and O–H groups in total. The number of hydrogen-bond donors (Lipinski definition) is 0. The summed E-state index contributed by atoms with van der Waals surface area (Å²) in [6.07, 6.45) is 3.12. The van der Waals surface area contributed by atoms with Crippen LogP contribution >= 0.6 is 0 Å². The van der Waals surface area contributed by atoms with Crippen molar-refractivity contribution in [2.45, 2.75) is 0 Å². The number of nitrogens with zero attached hydrogens (tertiary/aromatic N) is 3. The first-order valence-electron chi connectivity index (χ1n) is 2.00. The molecule has 40 valence electrons. The van der Waals surface area contributed by atoms with Gasteiger partial charge in [-0.15, -0.1) is 0 Å². The zero-order chi connectivity index (χ0) is 5.82. The third-order valence-electron chi connectivity index (χ3n) is 0.619. The Morgan fingerprint density at radius 1 is 1.38 bits per heavy atom. The third kappa shape index (κ3) is 0.841. The van der Waals surface area contributed by atoms with Gasteiger partial charge in [-0.1, -0.05) is 0 Å². The highest BCUT2D eigenvalue weighted by atomic mass is 16.1. The molecule has 1 aromatic rings. The number of carbonyl (C=O) groups excluding carboxylic acids is 1. The number of rotatable bonds is 1. The number of aromatic nitrogens is 3. The van der Waals surface area contributed by atoms with Crippen LogP contribution in [-0.4, -0.2) is 21.2 Å². The summed E-state index contributed by atoms with van der Waals surface area (Å²) in [6, 6.07) is 0. The van der Waals surface area contributed by atoms with Gasteiger partial charge in [-0.05, 0) is 0 Å². The molecule has 1 heterocycles. The normalized spacial score (nSPS) is 8.50. The second-order valence-corrected chi connectivity index (χ2v) is 1.11. The lowest BCUT2D eigenvalue weighted by molar-refractivity contribution is 0.111. The van der Waals surface area contributed by atoms with Crippen molar-refractivity contribution in [1.29, 1.82) is 0 Å². The van der Waals surface area contributed by atoms with Gasteiger partial charge in [0, 0.05) is 0 Å². The molecule has 0 atom stereocenters. The molecule has 0 unspecified atom stereocenters. The quantitative estimate of drug-likeness (QED) is 0.464. The summed E-state index contributed by atoms with van der Waals surface area (Å²) in [4.78, 5) is 20.4. The van der Waals surface area contributed by atoms with Gasteiger partial charge in [-0.2, -0.15) is 0 Å². The average Bonchev–Trinajstić information content (AvgIpc) is 1.90. The summed E-state index contributed by atoms with van der Waals surface area (Å²) in [7, 11) is 0. The lowest BCUT2D eigenvalue weighted by atomic mass is 10.7. The fourth-order valence-corrected chi connectivity index (χ4v) is 0.309. The molecule has 0 aliphatic rings. The van der Waals surface area contributed by atoms with Crippen LogP contribution in [0.3, 0.4) is 0 Å². The highest BCUT2D eigenvalue weighted by Gasteiger charge is 1.84. The van der Waals surface area contributed by atoms with E-state index in [4.69, 9.17) is 0 Å². The topological polar surface area (TPSA) is 55.7 Å². The van der Waals surface area contributed by atoms with Crippen LogP contribution in [0.15, 0.2) is 12.7 Å². The first-order chi connectivity index (χ1) is 3.93. The molecule has 8 heavy (non-hydrogen) atoms. The maximum atomic E-state index is 9.85. The molecule has 1 rings (SSSR count). The standard InChI is InChI=1S/C4H3N3O/c8-1-4-6-2-5-3-7-4/h1-3H. The second kappa shape index (κ2) is 2.11. The van der Waals surface area contributed by atoms with E-state index in [9.17, 15) is 4.79 Å². The summed E-state index contributed by atoms with van der Waals surface area (Å²) < 4.78 is 0. The molecule has 4 heteroatoms. The van der Waals surface area contributed by atoms with Gasteiger partial charge in [0.15, 0.2) is 12.1 Å². The van der Waals surface area contributed by atoms with E-state index in [1.54, 1.807) is 0 Å². The summed E-state index contributed by atoms with van der Waals surface area (Å²) in [5, 5.41) is 0. The SMILES string of the molecule is O=Cc1ncncn1. The van der Waals surface area contributed by atoms with E-state index in [0.29, 0.717) is 6.29 Å². The van der Waals surface area contributed by atoms with Crippen LogP contribution in [0.4, 0.5) is 0 Å². The molecule has 0 spiro atoms. The third-order valence-corrected chi connectivity index (χ3v) is 0.619. The van der Waals surface area contributed by atoms with E-state index in [2.05, 4.69) is 15.0 Å². The Bertz CT molecular complexity index is 174. The molecule has 1 aromatic heterocycles. The maximum absolute atomic E-state index is 9.85. The van der Waals surface area contributed by atoms with Gasteiger partial charge in [0.25, 0.3) is 0 Å². The molecular formula is C4H3N3O. The zero-order valence-corrected chi connectivity index (χ0v) is 3.98. The lowest BCUT2D eigenvalue weighted by Crippen LogP contribution is -1.90. The average molecular weight is 109 g/mol. The van der Waals surface area contributed by atoms with E-state index in [1.807, 2.05) is 0 Å². The Hall–Kier alpha value is -1.32. The Morgan fingerprint density at radius 2 is 2.00 bits per heavy atom. The fraction of sp³-hybridized carbons (Fsp3) is 0. The Balaban J connectivity index is 2.99. The van der Waals surface area contributed by atoms with Crippen molar-refractivity contribution in [2.75, 3.05) is 0 Å². The predicted molar refractivity (Wildman–Crippen MR) is 25.2 cm³/mol. The largest absolute Gasteiger partial charge is 0.294 e. The minimum absolute atomic E-state index is 0.167. The smallest absolute Gasteiger partial charge is 0.195 e.